The van der Waals surface area contributed by atoms with Gasteiger partial charge in [0.05, 0.1) is 22.3 Å². The summed E-state index contributed by atoms with van der Waals surface area (Å²) in [5.41, 5.74) is 1.53. The summed E-state index contributed by atoms with van der Waals surface area (Å²) in [6.07, 6.45) is 2.76. The van der Waals surface area contributed by atoms with E-state index in [0.29, 0.717) is 22.3 Å². The Morgan fingerprint density at radius 2 is 1.75 bits per heavy atom. The molecule has 0 unspecified atom stereocenters. The monoisotopic (exact) mass is 454 g/mol. The number of fused-ring (bicyclic) bond motifs is 1. The number of aryl methyl sites for hydroxylation is 2. The molecular formula is C21H16ClFN6O3. The van der Waals surface area contributed by atoms with Gasteiger partial charge in [-0.1, -0.05) is 11.6 Å². The Morgan fingerprint density at radius 3 is 2.44 bits per heavy atom. The average Bonchev–Trinajstić information content (AvgIpc) is 3.32. The van der Waals surface area contributed by atoms with Crippen LogP contribution >= 0.6 is 11.6 Å². The maximum Gasteiger partial charge on any atom is 0.296 e. The molecule has 0 radical (unpaired) electrons. The molecule has 0 spiro atoms. The van der Waals surface area contributed by atoms with Crippen molar-refractivity contribution in [3.8, 4) is 0 Å². The first-order valence-corrected chi connectivity index (χ1v) is 9.68. The number of nitrogens with zero attached hydrogens (tertiary/aromatic N) is 4. The van der Waals surface area contributed by atoms with Crippen LogP contribution < -0.4 is 10.6 Å². The van der Waals surface area contributed by atoms with Crippen LogP contribution in [0.3, 0.4) is 0 Å². The molecule has 4 rings (SSSR count). The number of benzene rings is 2. The summed E-state index contributed by atoms with van der Waals surface area (Å²) < 4.78 is 16.2. The molecule has 162 valence electrons. The minimum atomic E-state index is -0.820. The quantitative estimate of drug-likeness (QED) is 0.355. The number of aromatic nitrogens is 4. The first-order chi connectivity index (χ1) is 15.2. The average molecular weight is 455 g/mol. The number of hydrogen-bond donors (Lipinski definition) is 2. The molecule has 2 aromatic carbocycles. The van der Waals surface area contributed by atoms with Crippen LogP contribution in [0, 0.1) is 5.82 Å². The van der Waals surface area contributed by atoms with Gasteiger partial charge in [0, 0.05) is 37.1 Å². The summed E-state index contributed by atoms with van der Waals surface area (Å²) in [6.45, 7) is 0. The molecule has 0 aliphatic rings. The van der Waals surface area contributed by atoms with Gasteiger partial charge in [0.1, 0.15) is 11.5 Å². The van der Waals surface area contributed by atoms with Crippen molar-refractivity contribution in [2.75, 3.05) is 10.6 Å². The Bertz CT molecular complexity index is 1390. The van der Waals surface area contributed by atoms with Crippen LogP contribution in [0.25, 0.3) is 10.9 Å². The predicted octanol–water partition coefficient (Wildman–Crippen LogP) is 3.17. The summed E-state index contributed by atoms with van der Waals surface area (Å²) in [5.74, 6) is -2.61. The van der Waals surface area contributed by atoms with E-state index >= 15 is 0 Å². The molecule has 4 aromatic rings. The highest BCUT2D eigenvalue weighted by Crippen LogP contribution is 2.24. The topological polar surface area (TPSA) is 111 Å². The Morgan fingerprint density at radius 1 is 1.03 bits per heavy atom. The summed E-state index contributed by atoms with van der Waals surface area (Å²) >= 11 is 5.76. The highest BCUT2D eigenvalue weighted by Gasteiger charge is 2.20. The van der Waals surface area contributed by atoms with Crippen LogP contribution in [0.15, 0.2) is 48.8 Å². The number of amides is 2. The van der Waals surface area contributed by atoms with Gasteiger partial charge >= 0.3 is 0 Å². The van der Waals surface area contributed by atoms with Crippen LogP contribution in [0.2, 0.25) is 5.02 Å². The maximum absolute atomic E-state index is 13.3. The molecule has 0 aliphatic carbocycles. The Labute approximate surface area is 185 Å². The van der Waals surface area contributed by atoms with Gasteiger partial charge in [-0.3, -0.25) is 23.7 Å². The molecule has 0 saturated heterocycles. The molecule has 0 atom stereocenters. The summed E-state index contributed by atoms with van der Waals surface area (Å²) in [6, 6.07) is 8.57. The Hall–Kier alpha value is -4.05. The van der Waals surface area contributed by atoms with Crippen molar-refractivity contribution >= 4 is 51.5 Å². The molecule has 11 heteroatoms. The zero-order chi connectivity index (χ0) is 23.0. The predicted molar refractivity (Wildman–Crippen MR) is 116 cm³/mol. The minimum Gasteiger partial charge on any atom is -0.321 e. The molecule has 32 heavy (non-hydrogen) atoms. The fraction of sp³-hybridized carbons (Fsp3) is 0.0952. The summed E-state index contributed by atoms with van der Waals surface area (Å²) in [5, 5.41) is 13.8. The third kappa shape index (κ3) is 4.08. The van der Waals surface area contributed by atoms with Gasteiger partial charge in [-0.25, -0.2) is 4.39 Å². The zero-order valence-electron chi connectivity index (χ0n) is 16.9. The van der Waals surface area contributed by atoms with Crippen LogP contribution in [-0.2, 0) is 18.9 Å². The largest absolute Gasteiger partial charge is 0.321 e. The maximum atomic E-state index is 13.3. The Balaban J connectivity index is 1.55. The molecule has 9 nitrogen and oxygen atoms in total. The lowest BCUT2D eigenvalue weighted by atomic mass is 10.1. The number of ketones is 1. The number of rotatable bonds is 5. The van der Waals surface area contributed by atoms with Gasteiger partial charge in [0.15, 0.2) is 0 Å². The number of hydrogen-bond acceptors (Lipinski definition) is 5. The first kappa shape index (κ1) is 21.2. The van der Waals surface area contributed by atoms with Crippen molar-refractivity contribution < 1.29 is 18.8 Å². The number of nitrogens with one attached hydrogen (secondary N) is 2. The minimum absolute atomic E-state index is 0.112. The number of halogens is 2. The number of carbonyl (C=O) groups is 3. The lowest BCUT2D eigenvalue weighted by molar-refractivity contribution is -0.112. The van der Waals surface area contributed by atoms with Crippen LogP contribution in [-0.4, -0.2) is 37.2 Å². The lowest BCUT2D eigenvalue weighted by Crippen LogP contribution is -2.22. The van der Waals surface area contributed by atoms with E-state index in [0.717, 1.165) is 6.07 Å². The molecule has 0 aliphatic heterocycles. The number of anilines is 2. The fourth-order valence-corrected chi connectivity index (χ4v) is 3.35. The molecular weight excluding hydrogens is 439 g/mol. The van der Waals surface area contributed by atoms with Crippen molar-refractivity contribution in [2.24, 2.45) is 14.1 Å². The van der Waals surface area contributed by atoms with E-state index in [4.69, 9.17) is 11.6 Å². The number of carbonyl (C=O) groups excluding carboxylic acids is 3. The van der Waals surface area contributed by atoms with E-state index in [1.54, 1.807) is 32.3 Å². The second-order valence-electron chi connectivity index (χ2n) is 6.97. The first-order valence-electron chi connectivity index (χ1n) is 9.30. The van der Waals surface area contributed by atoms with Crippen molar-refractivity contribution in [3.05, 3.63) is 70.9 Å². The molecule has 0 saturated carbocycles. The highest BCUT2D eigenvalue weighted by molar-refractivity contribution is 6.46. The summed E-state index contributed by atoms with van der Waals surface area (Å²) in [4.78, 5) is 37.3. The number of Topliss-reactive ketones (excluding diaryl/α,β-unsaturated/α-hetero) is 1. The van der Waals surface area contributed by atoms with E-state index in [9.17, 15) is 18.8 Å². The van der Waals surface area contributed by atoms with Crippen LogP contribution in [0.4, 0.5) is 15.8 Å². The van der Waals surface area contributed by atoms with Crippen LogP contribution in [0.5, 0.6) is 0 Å². The van der Waals surface area contributed by atoms with Gasteiger partial charge < -0.3 is 10.6 Å². The lowest BCUT2D eigenvalue weighted by Gasteiger charge is -2.07. The van der Waals surface area contributed by atoms with Crippen molar-refractivity contribution in [2.45, 2.75) is 0 Å². The normalized spacial score (nSPS) is 10.9. The van der Waals surface area contributed by atoms with Crippen molar-refractivity contribution in [1.29, 1.82) is 0 Å². The third-order valence-corrected chi connectivity index (χ3v) is 4.95. The molecule has 2 heterocycles. The zero-order valence-corrected chi connectivity index (χ0v) is 17.6. The van der Waals surface area contributed by atoms with Gasteiger partial charge in [-0.05, 0) is 36.4 Å². The standard InChI is InChI=1S/C21H16ClFN6O3/c1-28-10-11(9-24-28)19(30)21(32)26-13-3-5-14-17(8-13)27-29(2)18(14)20(31)25-12-4-6-16(23)15(22)7-12/h3-10H,1-2H3,(H,25,31)(H,26,32). The van der Waals surface area contributed by atoms with Crippen molar-refractivity contribution in [3.63, 3.8) is 0 Å². The molecule has 2 aromatic heterocycles. The van der Waals surface area contributed by atoms with Gasteiger partial charge in [0.2, 0.25) is 0 Å². The third-order valence-electron chi connectivity index (χ3n) is 4.66. The Kier molecular flexibility index (Phi) is 5.45. The van der Waals surface area contributed by atoms with Crippen molar-refractivity contribution in [1.82, 2.24) is 19.6 Å². The van der Waals surface area contributed by atoms with E-state index in [2.05, 4.69) is 20.8 Å². The SMILES string of the molecule is Cn1cc(C(=O)C(=O)Nc2ccc3c(C(=O)Nc4ccc(F)c(Cl)c4)n(C)nc3c2)cn1. The van der Waals surface area contributed by atoms with E-state index in [1.807, 2.05) is 0 Å². The molecule has 2 amide bonds. The van der Waals surface area contributed by atoms with E-state index in [-0.39, 0.29) is 16.3 Å². The van der Waals surface area contributed by atoms with E-state index in [1.165, 1.54) is 33.9 Å². The van der Waals surface area contributed by atoms with Crippen LogP contribution in [0.1, 0.15) is 20.8 Å². The molecule has 0 bridgehead atoms. The molecule has 0 fully saturated rings. The fourth-order valence-electron chi connectivity index (χ4n) is 3.17. The molecule has 2 N–H and O–H groups in total. The van der Waals surface area contributed by atoms with Gasteiger partial charge in [-0.15, -0.1) is 0 Å². The smallest absolute Gasteiger partial charge is 0.296 e. The van der Waals surface area contributed by atoms with Gasteiger partial charge in [0.25, 0.3) is 17.6 Å². The highest BCUT2D eigenvalue weighted by atomic mass is 35.5. The summed E-state index contributed by atoms with van der Waals surface area (Å²) in [7, 11) is 3.23. The second kappa shape index (κ2) is 8.23. The van der Waals surface area contributed by atoms with Gasteiger partial charge in [-0.2, -0.15) is 10.2 Å². The second-order valence-corrected chi connectivity index (χ2v) is 7.38. The van der Waals surface area contributed by atoms with E-state index < -0.39 is 23.4 Å².